The summed E-state index contributed by atoms with van der Waals surface area (Å²) in [5.74, 6) is -0.194. The number of ether oxygens (including phenoxy) is 2. The molecular weight excluding hydrogens is 426 g/mol. The van der Waals surface area contributed by atoms with E-state index in [1.807, 2.05) is 38.1 Å². The number of carboxylic acid groups (broad SMARTS) is 1. The largest absolute Gasteiger partial charge is 0.490 e. The van der Waals surface area contributed by atoms with Gasteiger partial charge in [-0.05, 0) is 60.9 Å². The lowest BCUT2D eigenvalue weighted by molar-refractivity contribution is 0.0696. The molecule has 162 valence electrons. The Bertz CT molecular complexity index is 1190. The van der Waals surface area contributed by atoms with E-state index in [4.69, 9.17) is 26.2 Å². The van der Waals surface area contributed by atoms with Crippen molar-refractivity contribution in [1.29, 1.82) is 5.26 Å². The summed E-state index contributed by atoms with van der Waals surface area (Å²) in [7, 11) is 0. The van der Waals surface area contributed by atoms with Crippen LogP contribution in [0, 0.1) is 18.3 Å². The zero-order valence-corrected chi connectivity index (χ0v) is 18.5. The Morgan fingerprint density at radius 2 is 1.84 bits per heavy atom. The summed E-state index contributed by atoms with van der Waals surface area (Å²) >= 11 is 6.50. The number of carbonyl (C=O) groups is 1. The SMILES string of the molecule is CCOc1cc(/C=C(/C#N)c2ccc(C)cc2)cc(Cl)c1OCc1cccc(C(=O)O)c1. The van der Waals surface area contributed by atoms with Crippen LogP contribution in [0.25, 0.3) is 11.6 Å². The van der Waals surface area contributed by atoms with Crippen molar-refractivity contribution in [1.82, 2.24) is 0 Å². The predicted molar refractivity (Wildman–Crippen MR) is 125 cm³/mol. The third-order valence-electron chi connectivity index (χ3n) is 4.68. The van der Waals surface area contributed by atoms with Crippen molar-refractivity contribution in [2.24, 2.45) is 0 Å². The van der Waals surface area contributed by atoms with E-state index < -0.39 is 5.97 Å². The molecule has 1 N–H and O–H groups in total. The predicted octanol–water partition coefficient (Wildman–Crippen LogP) is 6.39. The normalized spacial score (nSPS) is 11.0. The van der Waals surface area contributed by atoms with E-state index >= 15 is 0 Å². The molecule has 0 aliphatic rings. The van der Waals surface area contributed by atoms with Crippen LogP contribution in [-0.4, -0.2) is 17.7 Å². The maximum Gasteiger partial charge on any atom is 0.335 e. The van der Waals surface area contributed by atoms with Crippen molar-refractivity contribution < 1.29 is 19.4 Å². The number of hydrogen-bond donors (Lipinski definition) is 1. The Morgan fingerprint density at radius 3 is 2.50 bits per heavy atom. The highest BCUT2D eigenvalue weighted by atomic mass is 35.5. The topological polar surface area (TPSA) is 79.5 Å². The summed E-state index contributed by atoms with van der Waals surface area (Å²) in [4.78, 5) is 11.2. The number of allylic oxidation sites excluding steroid dienone is 1. The number of rotatable bonds is 8. The van der Waals surface area contributed by atoms with E-state index in [9.17, 15) is 10.1 Å². The number of aromatic carboxylic acids is 1. The lowest BCUT2D eigenvalue weighted by Crippen LogP contribution is -2.02. The van der Waals surface area contributed by atoms with Crippen molar-refractivity contribution in [2.45, 2.75) is 20.5 Å². The molecule has 0 atom stereocenters. The molecule has 0 amide bonds. The highest BCUT2D eigenvalue weighted by Gasteiger charge is 2.14. The maximum atomic E-state index is 11.2. The molecule has 5 nitrogen and oxygen atoms in total. The van der Waals surface area contributed by atoms with Crippen LogP contribution in [0.15, 0.2) is 60.7 Å². The quantitative estimate of drug-likeness (QED) is 0.319. The molecule has 3 aromatic rings. The van der Waals surface area contributed by atoms with E-state index in [-0.39, 0.29) is 12.2 Å². The Kier molecular flexibility index (Phi) is 7.54. The molecule has 0 aliphatic heterocycles. The second kappa shape index (κ2) is 10.5. The summed E-state index contributed by atoms with van der Waals surface area (Å²) in [6, 6.07) is 19.9. The number of nitrogens with zero attached hydrogens (tertiary/aromatic N) is 1. The fourth-order valence-corrected chi connectivity index (χ4v) is 3.38. The van der Waals surface area contributed by atoms with Gasteiger partial charge in [0.15, 0.2) is 11.5 Å². The van der Waals surface area contributed by atoms with Crippen molar-refractivity contribution in [3.63, 3.8) is 0 Å². The number of halogens is 1. The first-order chi connectivity index (χ1) is 15.4. The first kappa shape index (κ1) is 22.9. The van der Waals surface area contributed by atoms with Gasteiger partial charge in [0.25, 0.3) is 0 Å². The van der Waals surface area contributed by atoms with Gasteiger partial charge in [-0.15, -0.1) is 0 Å². The molecule has 0 heterocycles. The van der Waals surface area contributed by atoms with Crippen LogP contribution in [-0.2, 0) is 6.61 Å². The van der Waals surface area contributed by atoms with Crippen LogP contribution in [0.1, 0.15) is 39.5 Å². The highest BCUT2D eigenvalue weighted by Crippen LogP contribution is 2.38. The van der Waals surface area contributed by atoms with Crippen molar-refractivity contribution in [2.75, 3.05) is 6.61 Å². The smallest absolute Gasteiger partial charge is 0.335 e. The third-order valence-corrected chi connectivity index (χ3v) is 4.96. The summed E-state index contributed by atoms with van der Waals surface area (Å²) in [6.45, 7) is 4.37. The molecule has 0 aromatic heterocycles. The Morgan fingerprint density at radius 1 is 1.09 bits per heavy atom. The van der Waals surface area contributed by atoms with Crippen LogP contribution >= 0.6 is 11.6 Å². The van der Waals surface area contributed by atoms with Gasteiger partial charge in [0.05, 0.1) is 28.8 Å². The van der Waals surface area contributed by atoms with Gasteiger partial charge in [-0.3, -0.25) is 0 Å². The van der Waals surface area contributed by atoms with Crippen molar-refractivity contribution in [3.05, 3.63) is 93.5 Å². The average Bonchev–Trinajstić information content (AvgIpc) is 2.78. The number of carboxylic acids is 1. The van der Waals surface area contributed by atoms with Crippen molar-refractivity contribution >= 4 is 29.2 Å². The monoisotopic (exact) mass is 447 g/mol. The van der Waals surface area contributed by atoms with Gasteiger partial charge in [0.1, 0.15) is 6.61 Å². The van der Waals surface area contributed by atoms with Gasteiger partial charge in [-0.1, -0.05) is 53.6 Å². The van der Waals surface area contributed by atoms with Crippen LogP contribution in [0.4, 0.5) is 0 Å². The van der Waals surface area contributed by atoms with E-state index in [1.54, 1.807) is 36.4 Å². The zero-order valence-electron chi connectivity index (χ0n) is 17.8. The van der Waals surface area contributed by atoms with E-state index in [0.29, 0.717) is 39.8 Å². The minimum absolute atomic E-state index is 0.128. The molecule has 6 heteroatoms. The first-order valence-corrected chi connectivity index (χ1v) is 10.4. The van der Waals surface area contributed by atoms with E-state index in [1.165, 1.54) is 6.07 Å². The molecule has 32 heavy (non-hydrogen) atoms. The van der Waals surface area contributed by atoms with Gasteiger partial charge in [-0.25, -0.2) is 4.79 Å². The van der Waals surface area contributed by atoms with E-state index in [2.05, 4.69) is 6.07 Å². The second-order valence-electron chi connectivity index (χ2n) is 7.09. The Labute approximate surface area is 192 Å². The average molecular weight is 448 g/mol. The molecule has 0 spiro atoms. The molecule has 0 saturated heterocycles. The molecule has 0 fully saturated rings. The van der Waals surface area contributed by atoms with Crippen LogP contribution in [0.2, 0.25) is 5.02 Å². The summed E-state index contributed by atoms with van der Waals surface area (Å²) in [5.41, 5.74) is 4.01. The summed E-state index contributed by atoms with van der Waals surface area (Å²) in [6.07, 6.45) is 1.75. The Hall–Kier alpha value is -3.75. The molecule has 0 unspecified atom stereocenters. The standard InChI is InChI=1S/C26H22ClNO4/c1-3-31-24-14-19(12-22(15-28)20-9-7-17(2)8-10-20)13-23(27)25(24)32-16-18-5-4-6-21(11-18)26(29)30/h4-14H,3,16H2,1-2H3,(H,29,30)/b22-12-. The minimum atomic E-state index is -1.00. The number of benzene rings is 3. The molecule has 0 aliphatic carbocycles. The fraction of sp³-hybridized carbons (Fsp3) is 0.154. The third kappa shape index (κ3) is 5.69. The van der Waals surface area contributed by atoms with Gasteiger partial charge in [0, 0.05) is 0 Å². The second-order valence-corrected chi connectivity index (χ2v) is 7.50. The van der Waals surface area contributed by atoms with E-state index in [0.717, 1.165) is 11.1 Å². The van der Waals surface area contributed by atoms with Gasteiger partial charge in [-0.2, -0.15) is 5.26 Å². The van der Waals surface area contributed by atoms with Gasteiger partial charge >= 0.3 is 5.97 Å². The van der Waals surface area contributed by atoms with Crippen LogP contribution in [0.5, 0.6) is 11.5 Å². The zero-order chi connectivity index (χ0) is 23.1. The summed E-state index contributed by atoms with van der Waals surface area (Å²) in [5, 5.41) is 19.1. The van der Waals surface area contributed by atoms with Crippen LogP contribution < -0.4 is 9.47 Å². The van der Waals surface area contributed by atoms with Gasteiger partial charge < -0.3 is 14.6 Å². The summed E-state index contributed by atoms with van der Waals surface area (Å²) < 4.78 is 11.6. The first-order valence-electron chi connectivity index (χ1n) is 10.0. The van der Waals surface area contributed by atoms with Crippen molar-refractivity contribution in [3.8, 4) is 17.6 Å². The molecule has 0 bridgehead atoms. The van der Waals surface area contributed by atoms with Gasteiger partial charge in [0.2, 0.25) is 0 Å². The number of aryl methyl sites for hydroxylation is 1. The molecular formula is C26H22ClNO4. The highest BCUT2D eigenvalue weighted by molar-refractivity contribution is 6.32. The fourth-order valence-electron chi connectivity index (χ4n) is 3.10. The maximum absolute atomic E-state index is 11.2. The number of hydrogen-bond acceptors (Lipinski definition) is 4. The van der Waals surface area contributed by atoms with Crippen LogP contribution in [0.3, 0.4) is 0 Å². The molecule has 3 rings (SSSR count). The lowest BCUT2D eigenvalue weighted by Gasteiger charge is -2.15. The Balaban J connectivity index is 1.90. The number of nitriles is 1. The minimum Gasteiger partial charge on any atom is -0.490 e. The molecule has 3 aromatic carbocycles. The molecule has 0 radical (unpaired) electrons. The molecule has 0 saturated carbocycles. The lowest BCUT2D eigenvalue weighted by atomic mass is 10.0.